The number of H-pyrrole nitrogens is 1. The number of aromatic nitrogens is 5. The molecule has 2 bridgehead atoms. The van der Waals surface area contributed by atoms with E-state index in [0.717, 1.165) is 31.1 Å². The molecule has 2 atom stereocenters. The highest BCUT2D eigenvalue weighted by Crippen LogP contribution is 2.49. The van der Waals surface area contributed by atoms with Crippen LogP contribution in [0.1, 0.15) is 31.7 Å². The zero-order chi connectivity index (χ0) is 22.7. The number of fused-ring (bicyclic) bond motifs is 5. The number of nitrogens with zero attached hydrogens (tertiary/aromatic N) is 4. The first-order valence-electron chi connectivity index (χ1n) is 11.2. The Labute approximate surface area is 194 Å². The van der Waals surface area contributed by atoms with Crippen LogP contribution in [0.15, 0.2) is 30.9 Å². The molecule has 170 valence electrons. The van der Waals surface area contributed by atoms with Crippen molar-refractivity contribution in [1.29, 1.82) is 0 Å². The Morgan fingerprint density at radius 3 is 2.76 bits per heavy atom. The van der Waals surface area contributed by atoms with E-state index in [1.54, 1.807) is 19.4 Å². The third-order valence-corrected chi connectivity index (χ3v) is 7.58. The maximum absolute atomic E-state index is 13.9. The van der Waals surface area contributed by atoms with Gasteiger partial charge in [0.1, 0.15) is 17.1 Å². The smallest absolute Gasteiger partial charge is 0.314 e. The lowest BCUT2D eigenvalue weighted by Crippen LogP contribution is -2.55. The second kappa shape index (κ2) is 7.69. The normalized spacial score (nSPS) is 24.5. The summed E-state index contributed by atoms with van der Waals surface area (Å²) in [6.45, 7) is 0. The number of hydrogen-bond donors (Lipinski definition) is 3. The molecule has 0 radical (unpaired) electrons. The largest absolute Gasteiger partial charge is 0.345 e. The predicted molar refractivity (Wildman–Crippen MR) is 123 cm³/mol. The van der Waals surface area contributed by atoms with Gasteiger partial charge in [0.25, 0.3) is 0 Å². The number of hydrogen-bond acceptors (Lipinski definition) is 4. The van der Waals surface area contributed by atoms with E-state index in [4.69, 9.17) is 16.6 Å². The lowest BCUT2D eigenvalue weighted by Gasteiger charge is -2.49. The van der Waals surface area contributed by atoms with Gasteiger partial charge in [0.15, 0.2) is 5.82 Å². The van der Waals surface area contributed by atoms with E-state index in [1.807, 2.05) is 6.20 Å². The first kappa shape index (κ1) is 20.4. The van der Waals surface area contributed by atoms with Crippen molar-refractivity contribution < 1.29 is 9.18 Å². The Morgan fingerprint density at radius 1 is 1.18 bits per heavy atom. The molecule has 0 spiro atoms. The molecule has 3 saturated carbocycles. The van der Waals surface area contributed by atoms with Gasteiger partial charge in [-0.2, -0.15) is 0 Å². The van der Waals surface area contributed by atoms with Gasteiger partial charge >= 0.3 is 6.03 Å². The Kier molecular flexibility index (Phi) is 4.76. The quantitative estimate of drug-likeness (QED) is 0.415. The number of carbonyl (C=O) groups excluding carboxylic acids is 1. The SMILES string of the molecule is CNC(=O)N[C@H]1C2CCC(CC2)C1n1cc(Cl)c2cnc(-c3c[nH]c4ncc(F)cc34)nc21. The summed E-state index contributed by atoms with van der Waals surface area (Å²) in [7, 11) is 1.63. The van der Waals surface area contributed by atoms with Gasteiger partial charge in [-0.15, -0.1) is 0 Å². The van der Waals surface area contributed by atoms with Crippen LogP contribution in [-0.4, -0.2) is 43.6 Å². The summed E-state index contributed by atoms with van der Waals surface area (Å²) in [5.41, 5.74) is 1.96. The Bertz CT molecular complexity index is 1370. The molecular formula is C23H23ClFN7O. The van der Waals surface area contributed by atoms with Gasteiger partial charge in [-0.05, 0) is 43.6 Å². The van der Waals surface area contributed by atoms with Crippen LogP contribution in [0.4, 0.5) is 9.18 Å². The summed E-state index contributed by atoms with van der Waals surface area (Å²) in [5.74, 6) is 0.886. The monoisotopic (exact) mass is 467 g/mol. The number of pyridine rings is 1. The van der Waals surface area contributed by atoms with Gasteiger partial charge in [0.2, 0.25) is 0 Å². The maximum atomic E-state index is 13.9. The molecule has 7 rings (SSSR count). The van der Waals surface area contributed by atoms with Crippen LogP contribution in [-0.2, 0) is 0 Å². The van der Waals surface area contributed by atoms with Crippen molar-refractivity contribution in [3.05, 3.63) is 41.7 Å². The second-order valence-corrected chi connectivity index (χ2v) is 9.39. The summed E-state index contributed by atoms with van der Waals surface area (Å²) in [4.78, 5) is 28.8. The molecule has 0 aromatic carbocycles. The molecule has 0 aliphatic heterocycles. The first-order valence-corrected chi connectivity index (χ1v) is 11.6. The van der Waals surface area contributed by atoms with Gasteiger partial charge < -0.3 is 20.2 Å². The van der Waals surface area contributed by atoms with Crippen molar-refractivity contribution >= 4 is 39.7 Å². The fraction of sp³-hybridized carbons (Fsp3) is 0.391. The fourth-order valence-corrected chi connectivity index (χ4v) is 5.99. The molecule has 4 aromatic heterocycles. The van der Waals surface area contributed by atoms with E-state index in [9.17, 15) is 9.18 Å². The van der Waals surface area contributed by atoms with Gasteiger partial charge in [-0.3, -0.25) is 0 Å². The number of rotatable bonds is 3. The standard InChI is InChI=1S/C23H23ClFN7O/c1-26-23(33)30-18-11-2-4-12(5-3-11)19(18)32-10-17(24)16-9-29-21(31-22(16)32)15-8-28-20-14(15)6-13(25)7-27-20/h6-12,18-19H,2-5H2,1H3,(H,27,28)(H2,26,30,33)/t11?,12?,18-,19?/m0/s1. The van der Waals surface area contributed by atoms with E-state index >= 15 is 0 Å². The third kappa shape index (κ3) is 3.25. The highest BCUT2D eigenvalue weighted by Gasteiger charge is 2.45. The molecule has 2 amide bonds. The maximum Gasteiger partial charge on any atom is 0.314 e. The Balaban J connectivity index is 1.49. The number of nitrogens with one attached hydrogen (secondary N) is 3. The van der Waals surface area contributed by atoms with Crippen LogP contribution < -0.4 is 10.6 Å². The van der Waals surface area contributed by atoms with Crippen LogP contribution >= 0.6 is 11.6 Å². The van der Waals surface area contributed by atoms with Crippen molar-refractivity contribution in [3.63, 3.8) is 0 Å². The van der Waals surface area contributed by atoms with Crippen molar-refractivity contribution in [2.45, 2.75) is 37.8 Å². The second-order valence-electron chi connectivity index (χ2n) is 8.98. The minimum Gasteiger partial charge on any atom is -0.345 e. The lowest BCUT2D eigenvalue weighted by molar-refractivity contribution is 0.0649. The van der Waals surface area contributed by atoms with Crippen molar-refractivity contribution in [1.82, 2.24) is 35.1 Å². The van der Waals surface area contributed by atoms with E-state index < -0.39 is 5.82 Å². The number of carbonyl (C=O) groups is 1. The average molecular weight is 468 g/mol. The number of halogens is 2. The van der Waals surface area contributed by atoms with Gasteiger partial charge in [0, 0.05) is 36.6 Å². The summed E-state index contributed by atoms with van der Waals surface area (Å²) < 4.78 is 16.0. The topological polar surface area (TPSA) is 101 Å². The van der Waals surface area contributed by atoms with Crippen molar-refractivity contribution in [2.24, 2.45) is 11.8 Å². The fourth-order valence-electron chi connectivity index (χ4n) is 5.76. The first-order chi connectivity index (χ1) is 16.0. The number of urea groups is 1. The Morgan fingerprint density at radius 2 is 1.97 bits per heavy atom. The van der Waals surface area contributed by atoms with Crippen LogP contribution in [0.3, 0.4) is 0 Å². The minimum atomic E-state index is -0.419. The van der Waals surface area contributed by atoms with Gasteiger partial charge in [0.05, 0.1) is 28.7 Å². The van der Waals surface area contributed by atoms with Crippen LogP contribution in [0, 0.1) is 17.7 Å². The molecule has 4 aromatic rings. The molecule has 0 saturated heterocycles. The van der Waals surface area contributed by atoms with Crippen LogP contribution in [0.2, 0.25) is 5.02 Å². The van der Waals surface area contributed by atoms with E-state index in [-0.39, 0.29) is 18.1 Å². The molecule has 3 aliphatic rings. The Hall–Kier alpha value is -3.20. The summed E-state index contributed by atoms with van der Waals surface area (Å²) in [5, 5.41) is 7.81. The molecule has 8 nitrogen and oxygen atoms in total. The van der Waals surface area contributed by atoms with Crippen LogP contribution in [0.5, 0.6) is 0 Å². The van der Waals surface area contributed by atoms with Crippen molar-refractivity contribution in [2.75, 3.05) is 7.05 Å². The van der Waals surface area contributed by atoms with Gasteiger partial charge in [-0.1, -0.05) is 11.6 Å². The van der Waals surface area contributed by atoms with Gasteiger partial charge in [-0.25, -0.2) is 24.1 Å². The molecule has 1 unspecified atom stereocenters. The molecule has 4 heterocycles. The molecule has 10 heteroatoms. The predicted octanol–water partition coefficient (Wildman–Crippen LogP) is 4.43. The lowest BCUT2D eigenvalue weighted by atomic mass is 9.64. The van der Waals surface area contributed by atoms with E-state index in [1.165, 1.54) is 12.3 Å². The summed E-state index contributed by atoms with van der Waals surface area (Å²) >= 11 is 6.61. The van der Waals surface area contributed by atoms with Crippen LogP contribution in [0.25, 0.3) is 33.5 Å². The minimum absolute atomic E-state index is 0.00563. The molecule has 3 fully saturated rings. The zero-order valence-corrected chi connectivity index (χ0v) is 18.7. The average Bonchev–Trinajstić information content (AvgIpc) is 3.40. The van der Waals surface area contributed by atoms with E-state index in [0.29, 0.717) is 44.9 Å². The molecule has 3 aliphatic carbocycles. The summed E-state index contributed by atoms with van der Waals surface area (Å²) in [6.07, 6.45) is 11.0. The highest BCUT2D eigenvalue weighted by molar-refractivity contribution is 6.35. The molecule has 33 heavy (non-hydrogen) atoms. The third-order valence-electron chi connectivity index (χ3n) is 7.28. The molecule has 3 N–H and O–H groups in total. The number of amides is 2. The molecular weight excluding hydrogens is 445 g/mol. The number of aromatic amines is 1. The zero-order valence-electron chi connectivity index (χ0n) is 18.0. The van der Waals surface area contributed by atoms with E-state index in [2.05, 4.69) is 30.2 Å². The highest BCUT2D eigenvalue weighted by atomic mass is 35.5. The van der Waals surface area contributed by atoms with Crippen molar-refractivity contribution in [3.8, 4) is 11.4 Å². The summed E-state index contributed by atoms with van der Waals surface area (Å²) in [6, 6.07) is 1.30.